The molecule has 0 bridgehead atoms. The number of carbonyl (C=O) groups is 1. The van der Waals surface area contributed by atoms with Gasteiger partial charge in [-0.25, -0.2) is 0 Å². The third-order valence-electron chi connectivity index (χ3n) is 9.59. The van der Waals surface area contributed by atoms with Crippen molar-refractivity contribution >= 4 is 45.1 Å². The first-order valence-corrected chi connectivity index (χ1v) is 24.0. The van der Waals surface area contributed by atoms with Gasteiger partial charge in [0.1, 0.15) is 0 Å². The van der Waals surface area contributed by atoms with Crippen molar-refractivity contribution in [2.75, 3.05) is 29.9 Å². The molecule has 0 aliphatic carbocycles. The van der Waals surface area contributed by atoms with Crippen LogP contribution >= 0.6 is 0 Å². The van der Waals surface area contributed by atoms with Gasteiger partial charge in [0.2, 0.25) is 0 Å². The fourth-order valence-electron chi connectivity index (χ4n) is 7.07. The molecule has 2 fully saturated rings. The van der Waals surface area contributed by atoms with Crippen LogP contribution in [0, 0.1) is 5.82 Å². The van der Waals surface area contributed by atoms with Crippen molar-refractivity contribution in [3.05, 3.63) is 48.0 Å². The summed E-state index contributed by atoms with van der Waals surface area (Å²) in [5.74, 6) is 0.651. The number of aliphatic hydroxyl groups excluding tert-OH is 1. The van der Waals surface area contributed by atoms with Gasteiger partial charge in [-0.15, -0.1) is 0 Å². The van der Waals surface area contributed by atoms with Crippen LogP contribution in [-0.4, -0.2) is 74.8 Å². The number of aromatic nitrogens is 3. The van der Waals surface area contributed by atoms with Gasteiger partial charge in [-0.2, -0.15) is 0 Å². The molecule has 1 aromatic carbocycles. The standard InChI is InChI=1S/C21H22FN6O2.3C4H9.Sn/c22-16-5-2-1-4-15(16)18-6-3-9-27(18)19-8-11-28-20(25-19)17(12-23-28)24-21(30)26-10-7-14(29)13-26;3*1-3-4-2;/h2,4-5,8,11-12,14,18,29H,3,6-7,9-10,13H2,(H,24,30);3*1,3-4H2,2H3;/t14-,18+;;;;/m0..../s1. The second-order valence-electron chi connectivity index (χ2n) is 12.6. The van der Waals surface area contributed by atoms with Crippen molar-refractivity contribution in [2.45, 2.75) is 104 Å². The quantitative estimate of drug-likeness (QED) is 0.191. The summed E-state index contributed by atoms with van der Waals surface area (Å²) in [6.45, 7) is 8.52. The van der Waals surface area contributed by atoms with Gasteiger partial charge in [0.05, 0.1) is 6.10 Å². The fraction of sp³-hybridized carbons (Fsp3) is 0.606. The molecule has 0 unspecified atom stereocenters. The molecule has 0 saturated carbocycles. The Morgan fingerprint density at radius 2 is 1.77 bits per heavy atom. The van der Waals surface area contributed by atoms with Gasteiger partial charge in [0.25, 0.3) is 0 Å². The van der Waals surface area contributed by atoms with E-state index in [9.17, 15) is 9.90 Å². The first kappa shape index (κ1) is 32.0. The van der Waals surface area contributed by atoms with E-state index in [-0.39, 0.29) is 17.9 Å². The number of fused-ring (bicyclic) bond motifs is 1. The number of benzene rings is 1. The monoisotopic (exact) mass is 700 g/mol. The second-order valence-corrected chi connectivity index (χ2v) is 25.8. The van der Waals surface area contributed by atoms with Crippen molar-refractivity contribution in [2.24, 2.45) is 0 Å². The number of amides is 2. The minimum atomic E-state index is -2.73. The number of hydrogen-bond acceptors (Lipinski definition) is 5. The Labute approximate surface area is 259 Å². The number of rotatable bonds is 13. The molecule has 2 aliphatic rings. The van der Waals surface area contributed by atoms with Gasteiger partial charge in [-0.1, -0.05) is 0 Å². The van der Waals surface area contributed by atoms with E-state index in [0.717, 1.165) is 30.8 Å². The zero-order chi connectivity index (χ0) is 30.4. The summed E-state index contributed by atoms with van der Waals surface area (Å²) in [5, 5.41) is 17.2. The topological polar surface area (TPSA) is 86.0 Å². The van der Waals surface area contributed by atoms with E-state index in [4.69, 9.17) is 4.98 Å². The summed E-state index contributed by atoms with van der Waals surface area (Å²) >= 11 is -2.73. The molecular weight excluding hydrogens is 650 g/mol. The number of hydrogen-bond donors (Lipinski definition) is 2. The number of anilines is 2. The molecule has 2 aromatic heterocycles. The fourth-order valence-corrected chi connectivity index (χ4v) is 23.1. The Balaban J connectivity index is 1.44. The van der Waals surface area contributed by atoms with E-state index in [1.165, 1.54) is 55.4 Å². The SMILES string of the molecule is CCC[CH2][Sn]([CH2]CCC)([CH2]CCC)[c]1ccc(F)c([C@H]2CCCN2c2ccn3ncc(NC(=O)N4CC[C@H](O)C4)c3n2)c1. The molecule has 5 rings (SSSR count). The van der Waals surface area contributed by atoms with E-state index in [0.29, 0.717) is 30.8 Å². The number of β-amino-alcohol motifs (C(OH)–C–C–N with tert-alkyl or cyclic N) is 1. The minimum absolute atomic E-state index is 0.0746. The maximum absolute atomic E-state index is 15.7. The molecule has 8 nitrogen and oxygen atoms in total. The molecule has 2 atom stereocenters. The van der Waals surface area contributed by atoms with Gasteiger partial charge in [-0.05, 0) is 6.42 Å². The van der Waals surface area contributed by atoms with E-state index >= 15 is 4.39 Å². The van der Waals surface area contributed by atoms with Crippen LogP contribution < -0.4 is 13.8 Å². The predicted molar refractivity (Wildman–Crippen MR) is 174 cm³/mol. The Kier molecular flexibility index (Phi) is 10.9. The van der Waals surface area contributed by atoms with Gasteiger partial charge in [-0.3, -0.25) is 0 Å². The van der Waals surface area contributed by atoms with Crippen LogP contribution in [0.2, 0.25) is 13.3 Å². The number of unbranched alkanes of at least 4 members (excludes halogenated alkanes) is 3. The third kappa shape index (κ3) is 7.13. The number of nitrogens with one attached hydrogen (secondary N) is 1. The molecule has 0 spiro atoms. The van der Waals surface area contributed by atoms with Crippen molar-refractivity contribution in [3.8, 4) is 0 Å². The predicted octanol–water partition coefficient (Wildman–Crippen LogP) is 6.86. The average Bonchev–Trinajstić information content (AvgIpc) is 3.77. The van der Waals surface area contributed by atoms with Crippen molar-refractivity contribution in [1.82, 2.24) is 19.5 Å². The van der Waals surface area contributed by atoms with Gasteiger partial charge < -0.3 is 5.11 Å². The molecule has 2 aliphatic heterocycles. The third-order valence-corrected chi connectivity index (χ3v) is 25.2. The molecular formula is C33H49FN6O2Sn. The number of nitrogens with zero attached hydrogens (tertiary/aromatic N) is 5. The van der Waals surface area contributed by atoms with Crippen LogP contribution in [0.1, 0.15) is 90.2 Å². The molecule has 4 heterocycles. The zero-order valence-corrected chi connectivity index (χ0v) is 29.0. The van der Waals surface area contributed by atoms with Crippen LogP contribution in [0.25, 0.3) is 5.65 Å². The molecule has 2 amide bonds. The number of aliphatic hydroxyl groups is 1. The summed E-state index contributed by atoms with van der Waals surface area (Å²) in [4.78, 5) is 21.6. The Morgan fingerprint density at radius 3 is 2.42 bits per heavy atom. The van der Waals surface area contributed by atoms with Crippen LogP contribution in [-0.2, 0) is 0 Å². The molecule has 2 N–H and O–H groups in total. The molecule has 3 aromatic rings. The van der Waals surface area contributed by atoms with Crippen LogP contribution in [0.4, 0.5) is 20.7 Å². The molecule has 234 valence electrons. The van der Waals surface area contributed by atoms with Gasteiger partial charge >= 0.3 is 230 Å². The molecule has 10 heteroatoms. The first-order chi connectivity index (χ1) is 20.9. The van der Waals surface area contributed by atoms with Crippen molar-refractivity contribution in [1.29, 1.82) is 0 Å². The van der Waals surface area contributed by atoms with Crippen LogP contribution in [0.15, 0.2) is 36.7 Å². The summed E-state index contributed by atoms with van der Waals surface area (Å²) in [6.07, 6.45) is 12.9. The molecule has 0 radical (unpaired) electrons. The number of likely N-dealkylation sites (tertiary alicyclic amines) is 1. The number of halogens is 1. The first-order valence-electron chi connectivity index (χ1n) is 16.5. The Morgan fingerprint density at radius 1 is 1.05 bits per heavy atom. The van der Waals surface area contributed by atoms with E-state index in [2.05, 4.69) is 48.2 Å². The van der Waals surface area contributed by atoms with Crippen LogP contribution in [0.5, 0.6) is 0 Å². The summed E-state index contributed by atoms with van der Waals surface area (Å²) < 4.78 is 23.0. The summed E-state index contributed by atoms with van der Waals surface area (Å²) in [5.41, 5.74) is 1.90. The van der Waals surface area contributed by atoms with E-state index in [1.807, 2.05) is 12.3 Å². The summed E-state index contributed by atoms with van der Waals surface area (Å²) in [6, 6.07) is 7.79. The molecule has 2 saturated heterocycles. The van der Waals surface area contributed by atoms with E-state index in [1.54, 1.807) is 21.7 Å². The zero-order valence-electron chi connectivity index (χ0n) is 26.2. The Bertz CT molecular complexity index is 1360. The normalized spacial score (nSPS) is 19.1. The Hall–Kier alpha value is -2.40. The van der Waals surface area contributed by atoms with Crippen molar-refractivity contribution in [3.63, 3.8) is 0 Å². The maximum atomic E-state index is 15.7. The second kappa shape index (κ2) is 14.6. The molecule has 43 heavy (non-hydrogen) atoms. The van der Waals surface area contributed by atoms with E-state index < -0.39 is 24.5 Å². The van der Waals surface area contributed by atoms with Gasteiger partial charge in [0.15, 0.2) is 0 Å². The number of carbonyl (C=O) groups excluding carboxylic acids is 1. The number of urea groups is 1. The van der Waals surface area contributed by atoms with Gasteiger partial charge in [0, 0.05) is 13.1 Å². The average molecular weight is 700 g/mol. The van der Waals surface area contributed by atoms with Crippen LogP contribution in [0.3, 0.4) is 0 Å². The summed E-state index contributed by atoms with van der Waals surface area (Å²) in [7, 11) is 0. The van der Waals surface area contributed by atoms with Crippen molar-refractivity contribution < 1.29 is 14.3 Å².